The summed E-state index contributed by atoms with van der Waals surface area (Å²) in [6.07, 6.45) is 8.81. The highest BCUT2D eigenvalue weighted by Crippen LogP contribution is 2.36. The fourth-order valence-corrected chi connectivity index (χ4v) is 2.10. The zero-order chi connectivity index (χ0) is 9.31. The Morgan fingerprint density at radius 3 is 3.15 bits per heavy atom. The van der Waals surface area contributed by atoms with Crippen molar-refractivity contribution in [3.8, 4) is 0 Å². The lowest BCUT2D eigenvalue weighted by atomic mass is 9.90. The maximum atomic E-state index is 11.4. The molecule has 2 heteroatoms. The van der Waals surface area contributed by atoms with Crippen molar-refractivity contribution in [1.82, 2.24) is 0 Å². The molecule has 1 spiro atoms. The molecular formula is C11H14O2. The van der Waals surface area contributed by atoms with Gasteiger partial charge in [0, 0.05) is 12.8 Å². The normalized spacial score (nSPS) is 38.5. The minimum atomic E-state index is -0.284. The van der Waals surface area contributed by atoms with E-state index in [1.54, 1.807) is 6.08 Å². The van der Waals surface area contributed by atoms with Gasteiger partial charge in [0.05, 0.1) is 11.7 Å². The van der Waals surface area contributed by atoms with Gasteiger partial charge in [-0.1, -0.05) is 18.2 Å². The van der Waals surface area contributed by atoms with Crippen molar-refractivity contribution >= 4 is 5.78 Å². The van der Waals surface area contributed by atoms with Crippen molar-refractivity contribution in [2.75, 3.05) is 0 Å². The van der Waals surface area contributed by atoms with E-state index in [0.717, 1.165) is 12.8 Å². The van der Waals surface area contributed by atoms with Gasteiger partial charge in [-0.3, -0.25) is 4.79 Å². The predicted octanol–water partition coefficient (Wildman–Crippen LogP) is 2.01. The fraction of sp³-hybridized carbons (Fsp3) is 0.545. The minimum absolute atomic E-state index is 0.0796. The summed E-state index contributed by atoms with van der Waals surface area (Å²) in [4.78, 5) is 11.4. The Morgan fingerprint density at radius 1 is 1.69 bits per heavy atom. The van der Waals surface area contributed by atoms with E-state index in [9.17, 15) is 4.79 Å². The summed E-state index contributed by atoms with van der Waals surface area (Å²) in [6.45, 7) is 3.67. The summed E-state index contributed by atoms with van der Waals surface area (Å²) in [5.74, 6) is 0.294. The molecule has 13 heavy (non-hydrogen) atoms. The molecule has 1 heterocycles. The number of allylic oxidation sites excluding steroid dienone is 1. The largest absolute Gasteiger partial charge is 0.363 e. The SMILES string of the molecule is C=C[C@H]1CC(=O)C[C@@]2(C=CCC2)O1. The summed E-state index contributed by atoms with van der Waals surface area (Å²) >= 11 is 0. The molecule has 0 aromatic carbocycles. The summed E-state index contributed by atoms with van der Waals surface area (Å²) in [5, 5.41) is 0. The minimum Gasteiger partial charge on any atom is -0.363 e. The molecule has 1 aliphatic carbocycles. The van der Waals surface area contributed by atoms with Crippen molar-refractivity contribution in [1.29, 1.82) is 0 Å². The van der Waals surface area contributed by atoms with E-state index in [4.69, 9.17) is 4.74 Å². The van der Waals surface area contributed by atoms with Crippen LogP contribution in [0.15, 0.2) is 24.8 Å². The average molecular weight is 178 g/mol. The van der Waals surface area contributed by atoms with Crippen molar-refractivity contribution in [2.45, 2.75) is 37.4 Å². The molecule has 1 fully saturated rings. The van der Waals surface area contributed by atoms with E-state index in [-0.39, 0.29) is 11.7 Å². The van der Waals surface area contributed by atoms with Crippen LogP contribution in [0.5, 0.6) is 0 Å². The van der Waals surface area contributed by atoms with Crippen molar-refractivity contribution in [2.24, 2.45) is 0 Å². The molecule has 0 aromatic heterocycles. The number of hydrogen-bond donors (Lipinski definition) is 0. The highest BCUT2D eigenvalue weighted by atomic mass is 16.5. The van der Waals surface area contributed by atoms with Gasteiger partial charge in [-0.05, 0) is 12.8 Å². The first-order valence-corrected chi connectivity index (χ1v) is 4.74. The second-order valence-corrected chi connectivity index (χ2v) is 3.82. The molecule has 0 saturated carbocycles. The first kappa shape index (κ1) is 8.70. The second kappa shape index (κ2) is 3.11. The molecular weight excluding hydrogens is 164 g/mol. The second-order valence-electron chi connectivity index (χ2n) is 3.82. The van der Waals surface area contributed by atoms with Gasteiger partial charge >= 0.3 is 0 Å². The van der Waals surface area contributed by atoms with E-state index in [2.05, 4.69) is 12.7 Å². The van der Waals surface area contributed by atoms with Crippen molar-refractivity contribution in [3.05, 3.63) is 24.8 Å². The summed E-state index contributed by atoms with van der Waals surface area (Å²) < 4.78 is 5.83. The third kappa shape index (κ3) is 1.59. The van der Waals surface area contributed by atoms with Crippen LogP contribution in [-0.2, 0) is 9.53 Å². The van der Waals surface area contributed by atoms with Gasteiger partial charge in [0.1, 0.15) is 5.78 Å². The first-order valence-electron chi connectivity index (χ1n) is 4.74. The Balaban J connectivity index is 2.16. The molecule has 2 nitrogen and oxygen atoms in total. The van der Waals surface area contributed by atoms with Crippen LogP contribution in [0.25, 0.3) is 0 Å². The summed E-state index contributed by atoms with van der Waals surface area (Å²) in [7, 11) is 0. The fourth-order valence-electron chi connectivity index (χ4n) is 2.10. The van der Waals surface area contributed by atoms with E-state index in [1.165, 1.54) is 0 Å². The number of hydrogen-bond acceptors (Lipinski definition) is 2. The topological polar surface area (TPSA) is 26.3 Å². The van der Waals surface area contributed by atoms with Crippen LogP contribution in [0.4, 0.5) is 0 Å². The zero-order valence-corrected chi connectivity index (χ0v) is 7.66. The summed E-state index contributed by atoms with van der Waals surface area (Å²) in [6, 6.07) is 0. The van der Waals surface area contributed by atoms with Gasteiger partial charge in [0.2, 0.25) is 0 Å². The number of ketones is 1. The summed E-state index contributed by atoms with van der Waals surface area (Å²) in [5.41, 5.74) is -0.284. The van der Waals surface area contributed by atoms with E-state index in [1.807, 2.05) is 6.08 Å². The van der Waals surface area contributed by atoms with Crippen LogP contribution in [0.2, 0.25) is 0 Å². The number of ether oxygens (including phenoxy) is 1. The number of Topliss-reactive ketones (excluding diaryl/α,β-unsaturated/α-hetero) is 1. The van der Waals surface area contributed by atoms with E-state index < -0.39 is 0 Å². The van der Waals surface area contributed by atoms with E-state index >= 15 is 0 Å². The number of rotatable bonds is 1. The first-order chi connectivity index (χ1) is 6.24. The molecule has 70 valence electrons. The molecule has 0 unspecified atom stereocenters. The van der Waals surface area contributed by atoms with Gasteiger partial charge in [0.15, 0.2) is 0 Å². The van der Waals surface area contributed by atoms with Crippen LogP contribution >= 0.6 is 0 Å². The lowest BCUT2D eigenvalue weighted by Gasteiger charge is -2.35. The van der Waals surface area contributed by atoms with Gasteiger partial charge in [-0.15, -0.1) is 6.58 Å². The monoisotopic (exact) mass is 178 g/mol. The standard InChI is InChI=1S/C11H14O2/c1-2-10-7-9(12)8-11(13-10)5-3-4-6-11/h2-3,5,10H,1,4,6-8H2/t10-,11-/m0/s1. The van der Waals surface area contributed by atoms with Crippen molar-refractivity contribution in [3.63, 3.8) is 0 Å². The Kier molecular flexibility index (Phi) is 2.08. The molecule has 2 aliphatic rings. The van der Waals surface area contributed by atoms with Gasteiger partial charge in [-0.2, -0.15) is 0 Å². The smallest absolute Gasteiger partial charge is 0.139 e. The maximum absolute atomic E-state index is 11.4. The number of carbonyl (C=O) groups excluding carboxylic acids is 1. The van der Waals surface area contributed by atoms with Crippen LogP contribution < -0.4 is 0 Å². The third-order valence-corrected chi connectivity index (χ3v) is 2.73. The third-order valence-electron chi connectivity index (χ3n) is 2.73. The molecule has 2 atom stereocenters. The quantitative estimate of drug-likeness (QED) is 0.574. The van der Waals surface area contributed by atoms with Crippen LogP contribution in [0.1, 0.15) is 25.7 Å². The van der Waals surface area contributed by atoms with E-state index in [0.29, 0.717) is 18.6 Å². The van der Waals surface area contributed by atoms with Gasteiger partial charge < -0.3 is 4.74 Å². The van der Waals surface area contributed by atoms with Crippen LogP contribution in [-0.4, -0.2) is 17.5 Å². The molecule has 0 radical (unpaired) electrons. The molecule has 2 rings (SSSR count). The molecule has 0 amide bonds. The highest BCUT2D eigenvalue weighted by Gasteiger charge is 2.39. The highest BCUT2D eigenvalue weighted by molar-refractivity contribution is 5.81. The molecule has 1 saturated heterocycles. The van der Waals surface area contributed by atoms with Gasteiger partial charge in [0.25, 0.3) is 0 Å². The molecule has 0 bridgehead atoms. The zero-order valence-electron chi connectivity index (χ0n) is 7.66. The molecule has 0 N–H and O–H groups in total. The Hall–Kier alpha value is -0.890. The van der Waals surface area contributed by atoms with Crippen LogP contribution in [0.3, 0.4) is 0 Å². The Morgan fingerprint density at radius 2 is 2.54 bits per heavy atom. The Bertz CT molecular complexity index is 267. The molecule has 1 aliphatic heterocycles. The molecule has 0 aromatic rings. The lowest BCUT2D eigenvalue weighted by Crippen LogP contribution is -2.41. The lowest BCUT2D eigenvalue weighted by molar-refractivity contribution is -0.140. The number of carbonyl (C=O) groups is 1. The maximum Gasteiger partial charge on any atom is 0.139 e. The van der Waals surface area contributed by atoms with Crippen molar-refractivity contribution < 1.29 is 9.53 Å². The predicted molar refractivity (Wildman–Crippen MR) is 50.4 cm³/mol. The Labute approximate surface area is 78.3 Å². The van der Waals surface area contributed by atoms with Crippen LogP contribution in [0, 0.1) is 0 Å². The average Bonchev–Trinajstić information content (AvgIpc) is 2.51. The van der Waals surface area contributed by atoms with Gasteiger partial charge in [-0.25, -0.2) is 0 Å².